The van der Waals surface area contributed by atoms with Gasteiger partial charge in [-0.05, 0) is 29.7 Å². The molecule has 1 aromatic heterocycles. The molecule has 2 N–H and O–H groups in total. The van der Waals surface area contributed by atoms with Crippen LogP contribution in [0.2, 0.25) is 0 Å². The highest BCUT2D eigenvalue weighted by Gasteiger charge is 2.07. The number of amides is 1. The summed E-state index contributed by atoms with van der Waals surface area (Å²) < 4.78 is 12.9. The van der Waals surface area contributed by atoms with Crippen LogP contribution < -0.4 is 10.6 Å². The van der Waals surface area contributed by atoms with E-state index in [1.54, 1.807) is 12.1 Å². The van der Waals surface area contributed by atoms with Crippen LogP contribution in [0.25, 0.3) is 0 Å². The zero-order chi connectivity index (χ0) is 18.2. The Morgan fingerprint density at radius 1 is 0.923 bits per heavy atom. The van der Waals surface area contributed by atoms with Crippen LogP contribution in [0, 0.1) is 5.82 Å². The third-order valence-electron chi connectivity index (χ3n) is 3.81. The van der Waals surface area contributed by atoms with E-state index in [9.17, 15) is 9.18 Å². The molecule has 0 aliphatic rings. The van der Waals surface area contributed by atoms with E-state index in [1.165, 1.54) is 24.5 Å². The van der Waals surface area contributed by atoms with Crippen LogP contribution in [-0.4, -0.2) is 22.4 Å². The number of hydrogen-bond acceptors (Lipinski definition) is 4. The molecule has 0 radical (unpaired) electrons. The Kier molecular flexibility index (Phi) is 5.88. The highest BCUT2D eigenvalue weighted by Crippen LogP contribution is 2.06. The molecule has 6 heteroatoms. The smallest absolute Gasteiger partial charge is 0.271 e. The number of carbonyl (C=O) groups is 1. The topological polar surface area (TPSA) is 66.9 Å². The van der Waals surface area contributed by atoms with Gasteiger partial charge in [-0.1, -0.05) is 42.5 Å². The van der Waals surface area contributed by atoms with Crippen molar-refractivity contribution in [2.75, 3.05) is 11.9 Å². The Morgan fingerprint density at radius 2 is 1.69 bits per heavy atom. The summed E-state index contributed by atoms with van der Waals surface area (Å²) in [7, 11) is 0. The van der Waals surface area contributed by atoms with E-state index < -0.39 is 0 Å². The summed E-state index contributed by atoms with van der Waals surface area (Å²) in [5.74, 6) is 0.0830. The van der Waals surface area contributed by atoms with Gasteiger partial charge in [-0.2, -0.15) is 0 Å². The number of aromatic nitrogens is 2. The summed E-state index contributed by atoms with van der Waals surface area (Å²) in [4.78, 5) is 20.4. The molecule has 0 unspecified atom stereocenters. The van der Waals surface area contributed by atoms with E-state index in [0.29, 0.717) is 18.9 Å². The van der Waals surface area contributed by atoms with Gasteiger partial charge >= 0.3 is 0 Å². The highest BCUT2D eigenvalue weighted by atomic mass is 19.1. The lowest BCUT2D eigenvalue weighted by Gasteiger charge is -2.07. The van der Waals surface area contributed by atoms with Gasteiger partial charge in [0.1, 0.15) is 17.3 Å². The maximum absolute atomic E-state index is 12.9. The molecule has 2 aromatic carbocycles. The molecule has 3 rings (SSSR count). The second kappa shape index (κ2) is 8.71. The Bertz CT molecular complexity index is 836. The van der Waals surface area contributed by atoms with E-state index in [-0.39, 0.29) is 17.4 Å². The third kappa shape index (κ3) is 5.11. The number of nitrogens with zero attached hydrogens (tertiary/aromatic N) is 2. The second-order valence-corrected chi connectivity index (χ2v) is 5.76. The van der Waals surface area contributed by atoms with Crippen molar-refractivity contribution in [3.8, 4) is 0 Å². The van der Waals surface area contributed by atoms with Gasteiger partial charge in [-0.25, -0.2) is 14.4 Å². The quantitative estimate of drug-likeness (QED) is 0.687. The summed E-state index contributed by atoms with van der Waals surface area (Å²) in [5.41, 5.74) is 2.32. The van der Waals surface area contributed by atoms with Crippen LogP contribution in [0.15, 0.2) is 67.0 Å². The first-order chi connectivity index (χ1) is 12.7. The molecule has 132 valence electrons. The molecule has 26 heavy (non-hydrogen) atoms. The fourth-order valence-electron chi connectivity index (χ4n) is 2.39. The summed E-state index contributed by atoms with van der Waals surface area (Å²) in [6.07, 6.45) is 3.71. The molecule has 0 saturated carbocycles. The fraction of sp³-hybridized carbons (Fsp3) is 0.150. The maximum atomic E-state index is 12.9. The molecule has 3 aromatic rings. The highest BCUT2D eigenvalue weighted by molar-refractivity contribution is 5.91. The monoisotopic (exact) mass is 350 g/mol. The van der Waals surface area contributed by atoms with Crippen molar-refractivity contribution in [2.24, 2.45) is 0 Å². The minimum atomic E-state index is -0.265. The molecular formula is C20H19FN4O. The molecule has 0 bridgehead atoms. The van der Waals surface area contributed by atoms with Crippen LogP contribution in [-0.2, 0) is 13.0 Å². The van der Waals surface area contributed by atoms with Crippen molar-refractivity contribution in [2.45, 2.75) is 13.0 Å². The molecule has 5 nitrogen and oxygen atoms in total. The van der Waals surface area contributed by atoms with Crippen LogP contribution in [0.3, 0.4) is 0 Å². The van der Waals surface area contributed by atoms with Crippen molar-refractivity contribution < 1.29 is 9.18 Å². The molecule has 0 aliphatic heterocycles. The summed E-state index contributed by atoms with van der Waals surface area (Å²) in [6.45, 7) is 1.08. The second-order valence-electron chi connectivity index (χ2n) is 5.76. The molecule has 0 saturated heterocycles. The number of benzene rings is 2. The van der Waals surface area contributed by atoms with E-state index in [2.05, 4.69) is 20.6 Å². The lowest BCUT2D eigenvalue weighted by molar-refractivity contribution is 0.0945. The first-order valence-corrected chi connectivity index (χ1v) is 8.33. The largest absolute Gasteiger partial charge is 0.368 e. The minimum absolute atomic E-state index is 0.242. The van der Waals surface area contributed by atoms with Gasteiger partial charge in [0.05, 0.1) is 12.4 Å². The van der Waals surface area contributed by atoms with Crippen LogP contribution in [0.1, 0.15) is 21.6 Å². The van der Waals surface area contributed by atoms with E-state index in [0.717, 1.165) is 17.5 Å². The van der Waals surface area contributed by atoms with E-state index in [4.69, 9.17) is 0 Å². The summed E-state index contributed by atoms with van der Waals surface area (Å²) in [5, 5.41) is 5.94. The predicted octanol–water partition coefficient (Wildman–Crippen LogP) is 3.20. The standard InChI is InChI=1S/C20H19FN4O/c21-17-8-6-15(7-9-17)10-11-22-19-14-23-18(13-24-19)20(26)25-12-16-4-2-1-3-5-16/h1-9,13-14H,10-12H2,(H,22,24)(H,25,26). The fourth-order valence-corrected chi connectivity index (χ4v) is 2.39. The minimum Gasteiger partial charge on any atom is -0.368 e. The summed E-state index contributed by atoms with van der Waals surface area (Å²) >= 11 is 0. The average molecular weight is 350 g/mol. The van der Waals surface area contributed by atoms with Gasteiger partial charge in [-0.15, -0.1) is 0 Å². The number of rotatable bonds is 7. The Balaban J connectivity index is 1.46. The van der Waals surface area contributed by atoms with Gasteiger partial charge in [0.15, 0.2) is 0 Å². The molecule has 1 heterocycles. The van der Waals surface area contributed by atoms with Crippen molar-refractivity contribution in [1.29, 1.82) is 0 Å². The Morgan fingerprint density at radius 3 is 2.38 bits per heavy atom. The van der Waals surface area contributed by atoms with Gasteiger partial charge < -0.3 is 10.6 Å². The van der Waals surface area contributed by atoms with Crippen molar-refractivity contribution in [3.05, 3.63) is 89.6 Å². The SMILES string of the molecule is O=C(NCc1ccccc1)c1cnc(NCCc2ccc(F)cc2)cn1. The third-order valence-corrected chi connectivity index (χ3v) is 3.81. The lowest BCUT2D eigenvalue weighted by atomic mass is 10.1. The average Bonchev–Trinajstić information content (AvgIpc) is 2.69. The first kappa shape index (κ1) is 17.5. The van der Waals surface area contributed by atoms with Crippen LogP contribution in [0.4, 0.5) is 10.2 Å². The number of nitrogens with one attached hydrogen (secondary N) is 2. The van der Waals surface area contributed by atoms with Gasteiger partial charge in [0, 0.05) is 13.1 Å². The Labute approximate surface area is 151 Å². The van der Waals surface area contributed by atoms with Gasteiger partial charge in [-0.3, -0.25) is 4.79 Å². The molecule has 1 amide bonds. The number of halogens is 1. The Hall–Kier alpha value is -3.28. The zero-order valence-corrected chi connectivity index (χ0v) is 14.2. The first-order valence-electron chi connectivity index (χ1n) is 8.33. The number of hydrogen-bond donors (Lipinski definition) is 2. The van der Waals surface area contributed by atoms with Crippen LogP contribution in [0.5, 0.6) is 0 Å². The molecule has 0 spiro atoms. The zero-order valence-electron chi connectivity index (χ0n) is 14.2. The normalized spacial score (nSPS) is 10.3. The molecule has 0 aliphatic carbocycles. The predicted molar refractivity (Wildman–Crippen MR) is 98.2 cm³/mol. The van der Waals surface area contributed by atoms with Crippen molar-refractivity contribution in [1.82, 2.24) is 15.3 Å². The van der Waals surface area contributed by atoms with Crippen molar-refractivity contribution >= 4 is 11.7 Å². The van der Waals surface area contributed by atoms with E-state index >= 15 is 0 Å². The molecule has 0 atom stereocenters. The van der Waals surface area contributed by atoms with Gasteiger partial charge in [0.2, 0.25) is 0 Å². The number of anilines is 1. The van der Waals surface area contributed by atoms with Crippen molar-refractivity contribution in [3.63, 3.8) is 0 Å². The molecule has 0 fully saturated rings. The maximum Gasteiger partial charge on any atom is 0.271 e. The summed E-state index contributed by atoms with van der Waals surface area (Å²) in [6, 6.07) is 16.1. The van der Waals surface area contributed by atoms with E-state index in [1.807, 2.05) is 30.3 Å². The lowest BCUT2D eigenvalue weighted by Crippen LogP contribution is -2.24. The number of carbonyl (C=O) groups excluding carboxylic acids is 1. The molecular weight excluding hydrogens is 331 g/mol. The van der Waals surface area contributed by atoms with Crippen LogP contribution >= 0.6 is 0 Å². The van der Waals surface area contributed by atoms with Gasteiger partial charge in [0.25, 0.3) is 5.91 Å².